The highest BCUT2D eigenvalue weighted by atomic mass is 32.2. The predicted molar refractivity (Wildman–Crippen MR) is 65.7 cm³/mol. The summed E-state index contributed by atoms with van der Waals surface area (Å²) in [5.74, 6) is 1.39. The number of aromatic nitrogens is 2. The lowest BCUT2D eigenvalue weighted by molar-refractivity contribution is 0.278. The van der Waals surface area contributed by atoms with Crippen molar-refractivity contribution in [3.05, 3.63) is 41.8 Å². The second-order valence-electron chi connectivity index (χ2n) is 3.68. The first-order valence-electron chi connectivity index (χ1n) is 5.58. The molecule has 0 aliphatic carbocycles. The van der Waals surface area contributed by atoms with Gasteiger partial charge in [-0.3, -0.25) is 0 Å². The van der Waals surface area contributed by atoms with Crippen LogP contribution in [0, 0.1) is 5.82 Å². The Morgan fingerprint density at radius 1 is 1.39 bits per heavy atom. The van der Waals surface area contributed by atoms with Crippen molar-refractivity contribution in [1.29, 1.82) is 0 Å². The van der Waals surface area contributed by atoms with E-state index in [1.807, 2.05) is 6.07 Å². The first kappa shape index (κ1) is 13.0. The Bertz CT molecular complexity index is 504. The number of aryl methyl sites for hydroxylation is 1. The van der Waals surface area contributed by atoms with Crippen molar-refractivity contribution in [3.63, 3.8) is 0 Å². The van der Waals surface area contributed by atoms with Crippen LogP contribution in [0.25, 0.3) is 0 Å². The van der Waals surface area contributed by atoms with Gasteiger partial charge in [0.2, 0.25) is 5.89 Å². The van der Waals surface area contributed by atoms with Crippen LogP contribution >= 0.6 is 11.8 Å². The SMILES string of the molecule is OCCCc1nc(CSc2cccc(F)c2)no1. The van der Waals surface area contributed by atoms with Gasteiger partial charge in [-0.25, -0.2) is 4.39 Å². The molecule has 0 aliphatic rings. The Morgan fingerprint density at radius 3 is 3.06 bits per heavy atom. The summed E-state index contributed by atoms with van der Waals surface area (Å²) in [5.41, 5.74) is 0. The fourth-order valence-corrected chi connectivity index (χ4v) is 2.17. The standard InChI is InChI=1S/C12H13FN2O2S/c13-9-3-1-4-10(7-9)18-8-11-14-12(17-15-11)5-2-6-16/h1,3-4,7,16H,2,5-6,8H2. The Labute approximate surface area is 108 Å². The van der Waals surface area contributed by atoms with Crippen molar-refractivity contribution < 1.29 is 14.0 Å². The van der Waals surface area contributed by atoms with Crippen molar-refractivity contribution >= 4 is 11.8 Å². The number of nitrogens with zero attached hydrogens (tertiary/aromatic N) is 2. The summed E-state index contributed by atoms with van der Waals surface area (Å²) < 4.78 is 18.0. The summed E-state index contributed by atoms with van der Waals surface area (Å²) in [4.78, 5) is 5.01. The minimum absolute atomic E-state index is 0.107. The highest BCUT2D eigenvalue weighted by Crippen LogP contribution is 2.22. The van der Waals surface area contributed by atoms with E-state index < -0.39 is 0 Å². The smallest absolute Gasteiger partial charge is 0.226 e. The largest absolute Gasteiger partial charge is 0.396 e. The summed E-state index contributed by atoms with van der Waals surface area (Å²) in [5, 5.41) is 12.5. The Morgan fingerprint density at radius 2 is 2.28 bits per heavy atom. The maximum Gasteiger partial charge on any atom is 0.226 e. The second-order valence-corrected chi connectivity index (χ2v) is 4.73. The van der Waals surface area contributed by atoms with Gasteiger partial charge >= 0.3 is 0 Å². The number of aliphatic hydroxyl groups is 1. The monoisotopic (exact) mass is 268 g/mol. The maximum atomic E-state index is 12.9. The molecule has 18 heavy (non-hydrogen) atoms. The maximum absolute atomic E-state index is 12.9. The molecule has 0 unspecified atom stereocenters. The summed E-state index contributed by atoms with van der Waals surface area (Å²) in [6.07, 6.45) is 1.19. The average molecular weight is 268 g/mol. The number of aliphatic hydroxyl groups excluding tert-OH is 1. The van der Waals surface area contributed by atoms with E-state index in [1.165, 1.54) is 23.9 Å². The highest BCUT2D eigenvalue weighted by molar-refractivity contribution is 7.98. The van der Waals surface area contributed by atoms with Crippen LogP contribution in [0.1, 0.15) is 18.1 Å². The van der Waals surface area contributed by atoms with Gasteiger partial charge in [0.1, 0.15) is 5.82 Å². The summed E-state index contributed by atoms with van der Waals surface area (Å²) in [6.45, 7) is 0.107. The lowest BCUT2D eigenvalue weighted by Gasteiger charge is -1.97. The first-order valence-corrected chi connectivity index (χ1v) is 6.57. The fourth-order valence-electron chi connectivity index (χ4n) is 1.39. The molecule has 0 bridgehead atoms. The molecule has 2 rings (SSSR count). The number of hydrogen-bond acceptors (Lipinski definition) is 5. The molecule has 6 heteroatoms. The lowest BCUT2D eigenvalue weighted by atomic mass is 10.3. The molecule has 0 amide bonds. The molecule has 1 aromatic heterocycles. The zero-order chi connectivity index (χ0) is 12.8. The minimum Gasteiger partial charge on any atom is -0.396 e. The van der Waals surface area contributed by atoms with E-state index >= 15 is 0 Å². The van der Waals surface area contributed by atoms with Crippen LogP contribution in [0.5, 0.6) is 0 Å². The van der Waals surface area contributed by atoms with Gasteiger partial charge in [-0.1, -0.05) is 11.2 Å². The molecule has 96 valence electrons. The van der Waals surface area contributed by atoms with Crippen LogP contribution in [0.3, 0.4) is 0 Å². The molecule has 0 atom stereocenters. The predicted octanol–water partition coefficient (Wildman–Crippen LogP) is 2.43. The van der Waals surface area contributed by atoms with E-state index in [0.717, 1.165) is 4.90 Å². The number of halogens is 1. The van der Waals surface area contributed by atoms with Gasteiger partial charge in [0.25, 0.3) is 0 Å². The molecule has 0 radical (unpaired) electrons. The van der Waals surface area contributed by atoms with Crippen LogP contribution in [-0.2, 0) is 12.2 Å². The second kappa shape index (κ2) is 6.51. The van der Waals surface area contributed by atoms with Crippen LogP contribution in [0.4, 0.5) is 4.39 Å². The third-order valence-corrected chi connectivity index (χ3v) is 3.21. The zero-order valence-electron chi connectivity index (χ0n) is 9.67. The average Bonchev–Trinajstić information content (AvgIpc) is 2.82. The van der Waals surface area contributed by atoms with Gasteiger partial charge < -0.3 is 9.63 Å². The van der Waals surface area contributed by atoms with E-state index in [1.54, 1.807) is 6.07 Å². The lowest BCUT2D eigenvalue weighted by Crippen LogP contribution is -1.90. The number of benzene rings is 1. The molecular weight excluding hydrogens is 255 g/mol. The van der Waals surface area contributed by atoms with Crippen molar-refractivity contribution in [2.75, 3.05) is 6.61 Å². The van der Waals surface area contributed by atoms with Gasteiger partial charge in [0, 0.05) is 17.9 Å². The van der Waals surface area contributed by atoms with Gasteiger partial charge in [-0.2, -0.15) is 4.98 Å². The van der Waals surface area contributed by atoms with Crippen LogP contribution in [-0.4, -0.2) is 21.9 Å². The number of rotatable bonds is 6. The molecule has 0 saturated heterocycles. The number of hydrogen-bond donors (Lipinski definition) is 1. The van der Waals surface area contributed by atoms with E-state index in [0.29, 0.717) is 30.3 Å². The van der Waals surface area contributed by atoms with Crippen molar-refractivity contribution in [3.8, 4) is 0 Å². The third kappa shape index (κ3) is 3.82. The Balaban J connectivity index is 1.88. The summed E-state index contributed by atoms with van der Waals surface area (Å²) >= 11 is 1.45. The first-order chi connectivity index (χ1) is 8.78. The molecule has 2 aromatic rings. The molecule has 0 fully saturated rings. The topological polar surface area (TPSA) is 59.2 Å². The van der Waals surface area contributed by atoms with Crippen molar-refractivity contribution in [2.45, 2.75) is 23.5 Å². The Kier molecular flexibility index (Phi) is 4.72. The van der Waals surface area contributed by atoms with Gasteiger partial charge in [-0.05, 0) is 24.6 Å². The van der Waals surface area contributed by atoms with Crippen molar-refractivity contribution in [1.82, 2.24) is 10.1 Å². The zero-order valence-corrected chi connectivity index (χ0v) is 10.5. The van der Waals surface area contributed by atoms with Crippen LogP contribution < -0.4 is 0 Å². The molecule has 0 spiro atoms. The van der Waals surface area contributed by atoms with Gasteiger partial charge in [-0.15, -0.1) is 11.8 Å². The quantitative estimate of drug-likeness (QED) is 0.815. The summed E-state index contributed by atoms with van der Waals surface area (Å²) in [6, 6.07) is 6.38. The number of thioether (sulfide) groups is 1. The summed E-state index contributed by atoms with van der Waals surface area (Å²) in [7, 11) is 0. The molecule has 1 aromatic carbocycles. The molecule has 4 nitrogen and oxygen atoms in total. The van der Waals surface area contributed by atoms with E-state index in [-0.39, 0.29) is 12.4 Å². The van der Waals surface area contributed by atoms with E-state index in [2.05, 4.69) is 10.1 Å². The fraction of sp³-hybridized carbons (Fsp3) is 0.333. The normalized spacial score (nSPS) is 10.8. The van der Waals surface area contributed by atoms with E-state index in [9.17, 15) is 4.39 Å². The van der Waals surface area contributed by atoms with Crippen LogP contribution in [0.2, 0.25) is 0 Å². The molecule has 0 aliphatic heterocycles. The van der Waals surface area contributed by atoms with Gasteiger partial charge in [0.05, 0.1) is 5.75 Å². The Hall–Kier alpha value is -1.40. The van der Waals surface area contributed by atoms with Gasteiger partial charge in [0.15, 0.2) is 5.82 Å². The van der Waals surface area contributed by atoms with Crippen LogP contribution in [0.15, 0.2) is 33.7 Å². The third-order valence-electron chi connectivity index (χ3n) is 2.22. The van der Waals surface area contributed by atoms with E-state index in [4.69, 9.17) is 9.63 Å². The van der Waals surface area contributed by atoms with Crippen molar-refractivity contribution in [2.24, 2.45) is 0 Å². The highest BCUT2D eigenvalue weighted by Gasteiger charge is 2.06. The molecule has 1 heterocycles. The molecular formula is C12H13FN2O2S. The minimum atomic E-state index is -0.253. The molecule has 1 N–H and O–H groups in total. The molecule has 0 saturated carbocycles.